The fourth-order valence-corrected chi connectivity index (χ4v) is 3.62. The molecule has 0 unspecified atom stereocenters. The zero-order chi connectivity index (χ0) is 17.3. The van der Waals surface area contributed by atoms with Gasteiger partial charge in [0.15, 0.2) is 0 Å². The lowest BCUT2D eigenvalue weighted by molar-refractivity contribution is -0.388. The van der Waals surface area contributed by atoms with Crippen molar-refractivity contribution in [2.75, 3.05) is 18.0 Å². The highest BCUT2D eigenvalue weighted by molar-refractivity contribution is 7.11. The van der Waals surface area contributed by atoms with Crippen LogP contribution in [0.4, 0.5) is 11.6 Å². The Labute approximate surface area is 142 Å². The van der Waals surface area contributed by atoms with Gasteiger partial charge >= 0.3 is 5.82 Å². The molecule has 0 aliphatic carbocycles. The number of carbonyl (C=O) groups excluding carboxylic acids is 1. The van der Waals surface area contributed by atoms with E-state index in [0.29, 0.717) is 23.8 Å². The van der Waals surface area contributed by atoms with Crippen molar-refractivity contribution in [3.8, 4) is 0 Å². The van der Waals surface area contributed by atoms with Crippen LogP contribution < -0.4 is 10.2 Å². The minimum absolute atomic E-state index is 0.0579. The lowest BCUT2D eigenvalue weighted by Crippen LogP contribution is -2.45. The van der Waals surface area contributed by atoms with E-state index in [1.807, 2.05) is 11.8 Å². The number of piperidine rings is 1. The van der Waals surface area contributed by atoms with Gasteiger partial charge in [-0.1, -0.05) is 0 Å². The summed E-state index contributed by atoms with van der Waals surface area (Å²) in [5, 5.41) is 14.1. The van der Waals surface area contributed by atoms with Crippen molar-refractivity contribution in [2.24, 2.45) is 7.05 Å². The van der Waals surface area contributed by atoms with Gasteiger partial charge in [0.1, 0.15) is 4.88 Å². The first-order valence-corrected chi connectivity index (χ1v) is 8.47. The largest absolute Gasteiger partial charge is 0.406 e. The monoisotopic (exact) mass is 350 g/mol. The highest BCUT2D eigenvalue weighted by Gasteiger charge is 2.29. The van der Waals surface area contributed by atoms with Gasteiger partial charge in [-0.15, -0.1) is 11.3 Å². The van der Waals surface area contributed by atoms with Crippen molar-refractivity contribution in [2.45, 2.75) is 25.8 Å². The molecule has 2 aromatic heterocycles. The van der Waals surface area contributed by atoms with Crippen molar-refractivity contribution in [3.05, 3.63) is 32.5 Å². The number of aromatic nitrogens is 3. The molecule has 1 N–H and O–H groups in total. The molecule has 0 aromatic carbocycles. The standard InChI is InChI=1S/C14H18N6O3S/c1-9-11(24-8-16-9)13(21)17-10-3-5-19(6-4-10)14-12(20(22)23)15-7-18(14)2/h7-8,10H,3-6H2,1-2H3,(H,17,21). The lowest BCUT2D eigenvalue weighted by atomic mass is 10.0. The van der Waals surface area contributed by atoms with E-state index < -0.39 is 4.92 Å². The third kappa shape index (κ3) is 3.09. The van der Waals surface area contributed by atoms with Gasteiger partial charge in [-0.25, -0.2) is 4.98 Å². The average molecular weight is 350 g/mol. The first-order valence-electron chi connectivity index (χ1n) is 7.59. The normalized spacial score (nSPS) is 15.5. The predicted octanol–water partition coefficient (Wildman–Crippen LogP) is 1.49. The topological polar surface area (TPSA) is 106 Å². The first kappa shape index (κ1) is 16.4. The quantitative estimate of drug-likeness (QED) is 0.661. The van der Waals surface area contributed by atoms with E-state index in [1.165, 1.54) is 17.7 Å². The van der Waals surface area contributed by atoms with E-state index in [0.717, 1.165) is 18.5 Å². The van der Waals surface area contributed by atoms with Crippen molar-refractivity contribution < 1.29 is 9.72 Å². The predicted molar refractivity (Wildman–Crippen MR) is 89.4 cm³/mol. The molecule has 3 heterocycles. The Balaban J connectivity index is 1.62. The van der Waals surface area contributed by atoms with Crippen molar-refractivity contribution in [3.63, 3.8) is 0 Å². The van der Waals surface area contributed by atoms with Gasteiger partial charge in [-0.3, -0.25) is 9.36 Å². The molecule has 1 saturated heterocycles. The molecule has 1 amide bonds. The number of hydrogen-bond donors (Lipinski definition) is 1. The van der Waals surface area contributed by atoms with E-state index in [1.54, 1.807) is 17.1 Å². The number of hydrogen-bond acceptors (Lipinski definition) is 7. The molecule has 9 nitrogen and oxygen atoms in total. The van der Waals surface area contributed by atoms with E-state index >= 15 is 0 Å². The van der Waals surface area contributed by atoms with E-state index in [4.69, 9.17) is 0 Å². The molecular weight excluding hydrogens is 332 g/mol. The maximum absolute atomic E-state index is 12.2. The molecule has 128 valence electrons. The summed E-state index contributed by atoms with van der Waals surface area (Å²) in [5.41, 5.74) is 2.40. The average Bonchev–Trinajstić information content (AvgIpc) is 3.14. The maximum Gasteiger partial charge on any atom is 0.406 e. The molecule has 0 atom stereocenters. The van der Waals surface area contributed by atoms with E-state index in [9.17, 15) is 14.9 Å². The minimum Gasteiger partial charge on any atom is -0.358 e. The molecule has 1 aliphatic heterocycles. The molecule has 1 fully saturated rings. The number of aryl methyl sites for hydroxylation is 2. The number of anilines is 1. The summed E-state index contributed by atoms with van der Waals surface area (Å²) in [7, 11) is 1.75. The minimum atomic E-state index is -0.463. The van der Waals surface area contributed by atoms with E-state index in [2.05, 4.69) is 15.3 Å². The van der Waals surface area contributed by atoms with Gasteiger partial charge in [-0.05, 0) is 29.7 Å². The van der Waals surface area contributed by atoms with Crippen molar-refractivity contribution >= 4 is 28.9 Å². The van der Waals surface area contributed by atoms with Crippen LogP contribution in [0.15, 0.2) is 11.8 Å². The Morgan fingerprint density at radius 3 is 2.71 bits per heavy atom. The smallest absolute Gasteiger partial charge is 0.358 e. The number of imidazole rings is 1. The van der Waals surface area contributed by atoms with E-state index in [-0.39, 0.29) is 17.8 Å². The van der Waals surface area contributed by atoms with Crippen molar-refractivity contribution in [1.82, 2.24) is 19.9 Å². The van der Waals surface area contributed by atoms with Crippen LogP contribution in [0.3, 0.4) is 0 Å². The fraction of sp³-hybridized carbons (Fsp3) is 0.500. The van der Waals surface area contributed by atoms with Gasteiger partial charge in [0.25, 0.3) is 5.91 Å². The molecule has 2 aromatic rings. The Hall–Kier alpha value is -2.49. The second kappa shape index (κ2) is 6.56. The Morgan fingerprint density at radius 2 is 2.12 bits per heavy atom. The Bertz CT molecular complexity index is 762. The first-order chi connectivity index (χ1) is 11.5. The van der Waals surface area contributed by atoms with Crippen LogP contribution >= 0.6 is 11.3 Å². The molecule has 0 radical (unpaired) electrons. The Morgan fingerprint density at radius 1 is 1.42 bits per heavy atom. The molecule has 24 heavy (non-hydrogen) atoms. The van der Waals surface area contributed by atoms with Crippen LogP contribution in [0.25, 0.3) is 0 Å². The van der Waals surface area contributed by atoms with Gasteiger partial charge in [0, 0.05) is 26.2 Å². The van der Waals surface area contributed by atoms with Crippen molar-refractivity contribution in [1.29, 1.82) is 0 Å². The fourth-order valence-electron chi connectivity index (χ4n) is 2.91. The van der Waals surface area contributed by atoms with Crippen LogP contribution in [0.5, 0.6) is 0 Å². The third-order valence-electron chi connectivity index (χ3n) is 4.14. The SMILES string of the molecule is Cc1ncsc1C(=O)NC1CCN(c2c([N+](=O)[O-])ncn2C)CC1. The molecule has 1 aliphatic rings. The summed E-state index contributed by atoms with van der Waals surface area (Å²) in [6.07, 6.45) is 2.91. The lowest BCUT2D eigenvalue weighted by Gasteiger charge is -2.33. The molecular formula is C14H18N6O3S. The van der Waals surface area contributed by atoms with Crippen LogP contribution in [-0.2, 0) is 7.05 Å². The number of nitrogens with one attached hydrogen (secondary N) is 1. The summed E-state index contributed by atoms with van der Waals surface area (Å²) in [4.78, 5) is 33.4. The van der Waals surface area contributed by atoms with Gasteiger partial charge in [0.05, 0.1) is 11.2 Å². The molecule has 0 saturated carbocycles. The maximum atomic E-state index is 12.2. The summed E-state index contributed by atoms with van der Waals surface area (Å²) in [6.45, 7) is 3.08. The number of amides is 1. The highest BCUT2D eigenvalue weighted by Crippen LogP contribution is 2.28. The highest BCUT2D eigenvalue weighted by atomic mass is 32.1. The van der Waals surface area contributed by atoms with Gasteiger partial charge < -0.3 is 20.3 Å². The van der Waals surface area contributed by atoms with Gasteiger partial charge in [-0.2, -0.15) is 0 Å². The molecule has 0 bridgehead atoms. The molecule has 3 rings (SSSR count). The number of rotatable bonds is 4. The number of nitro groups is 1. The molecule has 0 spiro atoms. The van der Waals surface area contributed by atoms with Crippen LogP contribution in [-0.4, -0.2) is 44.5 Å². The zero-order valence-corrected chi connectivity index (χ0v) is 14.2. The Kier molecular flexibility index (Phi) is 4.47. The summed E-state index contributed by atoms with van der Waals surface area (Å²) < 4.78 is 1.66. The van der Waals surface area contributed by atoms with Crippen LogP contribution in [0.2, 0.25) is 0 Å². The number of carbonyl (C=O) groups is 1. The van der Waals surface area contributed by atoms with Crippen LogP contribution in [0, 0.1) is 17.0 Å². The third-order valence-corrected chi connectivity index (χ3v) is 5.07. The zero-order valence-electron chi connectivity index (χ0n) is 13.4. The second-order valence-electron chi connectivity index (χ2n) is 5.76. The van der Waals surface area contributed by atoms with Gasteiger partial charge in [0.2, 0.25) is 12.1 Å². The summed E-state index contributed by atoms with van der Waals surface area (Å²) in [6, 6.07) is 0.0579. The summed E-state index contributed by atoms with van der Waals surface area (Å²) >= 11 is 1.33. The summed E-state index contributed by atoms with van der Waals surface area (Å²) in [5.74, 6) is 0.295. The van der Waals surface area contributed by atoms with Crippen LogP contribution in [0.1, 0.15) is 28.2 Å². The molecule has 10 heteroatoms. The second-order valence-corrected chi connectivity index (χ2v) is 6.62. The number of thiazole rings is 1. The number of nitrogens with zero attached hydrogens (tertiary/aromatic N) is 5.